The summed E-state index contributed by atoms with van der Waals surface area (Å²) in [4.78, 5) is 12.3. The van der Waals surface area contributed by atoms with Gasteiger partial charge in [-0.15, -0.1) is 0 Å². The number of aromatic nitrogens is 2. The van der Waals surface area contributed by atoms with Gasteiger partial charge in [-0.1, -0.05) is 182 Å². The van der Waals surface area contributed by atoms with E-state index in [2.05, 4.69) is 162 Å². The first-order chi connectivity index (χ1) is 25.7. The molecule has 0 saturated carbocycles. The zero-order valence-electron chi connectivity index (χ0n) is 29.3. The van der Waals surface area contributed by atoms with Crippen LogP contribution < -0.4 is 16.0 Å². The third kappa shape index (κ3) is 6.64. The zero-order valence-corrected chi connectivity index (χ0v) is 29.3. The molecule has 0 saturated heterocycles. The highest BCUT2D eigenvalue weighted by atomic mass is 16.1. The number of nitrogens with one attached hydrogen (secondary N) is 3. The lowest BCUT2D eigenvalue weighted by molar-refractivity contribution is -0.110. The van der Waals surface area contributed by atoms with Crippen molar-refractivity contribution >= 4 is 12.2 Å². The first kappa shape index (κ1) is 34.2. The van der Waals surface area contributed by atoms with Gasteiger partial charge in [0.2, 0.25) is 6.41 Å². The van der Waals surface area contributed by atoms with E-state index in [9.17, 15) is 4.79 Å². The number of aryl methyl sites for hydroxylation is 1. The summed E-state index contributed by atoms with van der Waals surface area (Å²) >= 11 is 0. The summed E-state index contributed by atoms with van der Waals surface area (Å²) in [6.45, 7) is 0.583. The third-order valence-corrected chi connectivity index (χ3v) is 9.98. The van der Waals surface area contributed by atoms with E-state index < -0.39 is 11.1 Å². The Morgan fingerprint density at radius 3 is 1.25 bits per heavy atom. The van der Waals surface area contributed by atoms with Crippen LogP contribution in [0, 0.1) is 0 Å². The van der Waals surface area contributed by atoms with E-state index in [0.717, 1.165) is 51.2 Å². The average molecular weight is 682 g/mol. The molecular weight excluding hydrogens is 639 g/mol. The summed E-state index contributed by atoms with van der Waals surface area (Å²) in [7, 11) is 1.94. The molecular formula is C46H43N5O. The summed E-state index contributed by atoms with van der Waals surface area (Å²) in [5.41, 5.74) is 6.15. The number of anilines is 1. The van der Waals surface area contributed by atoms with Crippen molar-refractivity contribution in [1.29, 1.82) is 0 Å². The molecule has 258 valence electrons. The van der Waals surface area contributed by atoms with Gasteiger partial charge >= 0.3 is 0 Å². The van der Waals surface area contributed by atoms with Crippen LogP contribution >= 0.6 is 0 Å². The molecule has 1 unspecified atom stereocenters. The third-order valence-electron chi connectivity index (χ3n) is 9.98. The van der Waals surface area contributed by atoms with Crippen molar-refractivity contribution in [3.8, 4) is 0 Å². The smallest absolute Gasteiger partial charge is 0.207 e. The van der Waals surface area contributed by atoms with Crippen LogP contribution in [0.25, 0.3) is 0 Å². The van der Waals surface area contributed by atoms with Gasteiger partial charge in [-0.3, -0.25) is 14.8 Å². The van der Waals surface area contributed by atoms with E-state index in [0.29, 0.717) is 13.0 Å². The fraction of sp³-hybridized carbons (Fsp3) is 0.130. The fourth-order valence-corrected chi connectivity index (χ4v) is 7.51. The van der Waals surface area contributed by atoms with Gasteiger partial charge < -0.3 is 10.6 Å². The number of amides is 1. The van der Waals surface area contributed by atoms with Crippen LogP contribution in [0.5, 0.6) is 0 Å². The van der Waals surface area contributed by atoms with Crippen molar-refractivity contribution in [2.45, 2.75) is 23.5 Å². The number of hydrogen-bond donors (Lipinski definition) is 3. The average Bonchev–Trinajstić information content (AvgIpc) is 3.59. The lowest BCUT2D eigenvalue weighted by Crippen LogP contribution is -2.45. The molecule has 1 atom stereocenters. The highest BCUT2D eigenvalue weighted by molar-refractivity contribution is 5.62. The minimum atomic E-state index is -0.764. The number of benzene rings is 6. The molecule has 0 spiro atoms. The van der Waals surface area contributed by atoms with Crippen LogP contribution in [0.3, 0.4) is 0 Å². The number of carbonyl (C=O) groups is 1. The van der Waals surface area contributed by atoms with E-state index in [1.54, 1.807) is 0 Å². The molecule has 6 nitrogen and oxygen atoms in total. The lowest BCUT2D eigenvalue weighted by atomic mass is 9.76. The van der Waals surface area contributed by atoms with Gasteiger partial charge in [0, 0.05) is 12.6 Å². The van der Waals surface area contributed by atoms with Crippen LogP contribution in [-0.2, 0) is 22.9 Å². The Morgan fingerprint density at radius 1 is 0.558 bits per heavy atom. The van der Waals surface area contributed by atoms with Crippen molar-refractivity contribution in [2.75, 3.05) is 11.9 Å². The van der Waals surface area contributed by atoms with Crippen molar-refractivity contribution < 1.29 is 4.79 Å². The summed E-state index contributed by atoms with van der Waals surface area (Å²) in [6, 6.07) is 62.8. The van der Waals surface area contributed by atoms with Crippen LogP contribution in [0.2, 0.25) is 0 Å². The van der Waals surface area contributed by atoms with Gasteiger partial charge in [0.1, 0.15) is 11.4 Å². The molecule has 52 heavy (non-hydrogen) atoms. The molecule has 0 aliphatic rings. The topological polar surface area (TPSA) is 71.0 Å². The summed E-state index contributed by atoms with van der Waals surface area (Å²) in [5, 5.41) is 15.9. The molecule has 1 heterocycles. The van der Waals surface area contributed by atoms with Crippen molar-refractivity contribution in [1.82, 2.24) is 20.4 Å². The SMILES string of the molecule is Cn1ncc(C(CCNC(c2ccccc2)(c2ccccc2)c2ccccc2)NC=O)c1NC(c1ccccc1)(c1ccccc1)c1ccccc1. The molecule has 6 aromatic carbocycles. The van der Waals surface area contributed by atoms with Crippen LogP contribution in [0.1, 0.15) is 51.4 Å². The van der Waals surface area contributed by atoms with Crippen LogP contribution in [0.4, 0.5) is 5.82 Å². The van der Waals surface area contributed by atoms with Gasteiger partial charge in [-0.25, -0.2) is 0 Å². The largest absolute Gasteiger partial charge is 0.353 e. The maximum atomic E-state index is 12.3. The number of rotatable bonds is 15. The molecule has 0 radical (unpaired) electrons. The molecule has 3 N–H and O–H groups in total. The van der Waals surface area contributed by atoms with E-state index in [1.807, 2.05) is 54.3 Å². The Balaban J connectivity index is 1.29. The molecule has 0 fully saturated rings. The Kier molecular flexibility index (Phi) is 10.4. The van der Waals surface area contributed by atoms with Crippen LogP contribution in [0.15, 0.2) is 188 Å². The first-order valence-electron chi connectivity index (χ1n) is 17.7. The maximum Gasteiger partial charge on any atom is 0.207 e. The minimum absolute atomic E-state index is 0.346. The van der Waals surface area contributed by atoms with Gasteiger partial charge in [-0.05, 0) is 46.3 Å². The molecule has 6 heteroatoms. The Morgan fingerprint density at radius 2 is 0.904 bits per heavy atom. The standard InChI is InChI=1S/C46H43N5O/c1-51-44(50-46(39-26-14-5-15-27-39,40-28-16-6-17-29-40)41-30-18-7-19-31-41)42(34-49-51)43(47-35-52)32-33-48-45(36-20-8-2-9-21-36,37-22-10-3-11-23-37)38-24-12-4-13-25-38/h2-31,34-35,43,48,50H,32-33H2,1H3,(H,47,52). The second kappa shape index (κ2) is 15.8. The summed E-state index contributed by atoms with van der Waals surface area (Å²) < 4.78 is 1.87. The predicted molar refractivity (Wildman–Crippen MR) is 210 cm³/mol. The van der Waals surface area contributed by atoms with Gasteiger partial charge in [0.25, 0.3) is 0 Å². The predicted octanol–water partition coefficient (Wildman–Crippen LogP) is 8.58. The Hall–Kier alpha value is -6.24. The maximum absolute atomic E-state index is 12.3. The molecule has 0 aliphatic heterocycles. The van der Waals surface area contributed by atoms with Crippen molar-refractivity contribution in [3.63, 3.8) is 0 Å². The van der Waals surface area contributed by atoms with Gasteiger partial charge in [0.05, 0.1) is 17.8 Å². The van der Waals surface area contributed by atoms with E-state index in [-0.39, 0.29) is 6.04 Å². The Bertz CT molecular complexity index is 1950. The molecule has 1 amide bonds. The minimum Gasteiger partial charge on any atom is -0.353 e. The number of hydrogen-bond acceptors (Lipinski definition) is 4. The molecule has 0 aliphatic carbocycles. The monoisotopic (exact) mass is 681 g/mol. The van der Waals surface area contributed by atoms with E-state index >= 15 is 0 Å². The van der Waals surface area contributed by atoms with E-state index in [1.165, 1.54) is 0 Å². The molecule has 0 bridgehead atoms. The molecule has 7 rings (SSSR count). The Labute approximate surface area is 306 Å². The van der Waals surface area contributed by atoms with Gasteiger partial charge in [0.15, 0.2) is 0 Å². The zero-order chi connectivity index (χ0) is 35.6. The normalized spacial score (nSPS) is 12.2. The van der Waals surface area contributed by atoms with Gasteiger partial charge in [-0.2, -0.15) is 5.10 Å². The quantitative estimate of drug-likeness (QED) is 0.0749. The molecule has 1 aromatic heterocycles. The number of carbonyl (C=O) groups excluding carboxylic acids is 1. The van der Waals surface area contributed by atoms with Crippen molar-refractivity contribution in [3.05, 3.63) is 227 Å². The summed E-state index contributed by atoms with van der Waals surface area (Å²) in [6.07, 6.45) is 3.26. The summed E-state index contributed by atoms with van der Waals surface area (Å²) in [5.74, 6) is 0.816. The van der Waals surface area contributed by atoms with E-state index in [4.69, 9.17) is 5.10 Å². The van der Waals surface area contributed by atoms with Crippen LogP contribution in [-0.4, -0.2) is 22.7 Å². The highest BCUT2D eigenvalue weighted by Crippen LogP contribution is 2.42. The lowest BCUT2D eigenvalue weighted by Gasteiger charge is -2.39. The first-order valence-corrected chi connectivity index (χ1v) is 17.7. The van der Waals surface area contributed by atoms with Crippen molar-refractivity contribution in [2.24, 2.45) is 7.05 Å². The molecule has 7 aromatic rings. The second-order valence-corrected chi connectivity index (χ2v) is 12.9. The number of nitrogens with zero attached hydrogens (tertiary/aromatic N) is 2. The fourth-order valence-electron chi connectivity index (χ4n) is 7.51. The second-order valence-electron chi connectivity index (χ2n) is 12.9. The highest BCUT2D eigenvalue weighted by Gasteiger charge is 2.39.